The van der Waals surface area contributed by atoms with Gasteiger partial charge in [0.2, 0.25) is 16.3 Å². The molecule has 0 unspecified atom stereocenters. The van der Waals surface area contributed by atoms with Crippen molar-refractivity contribution in [2.24, 2.45) is 0 Å². The topological polar surface area (TPSA) is 184 Å². The molecule has 0 fully saturated rings. The van der Waals surface area contributed by atoms with Crippen molar-refractivity contribution >= 4 is 28.4 Å². The number of aromatic amines is 1. The first-order chi connectivity index (χ1) is 21.6. The van der Waals surface area contributed by atoms with E-state index in [4.69, 9.17) is 9.15 Å². The van der Waals surface area contributed by atoms with Crippen LogP contribution >= 0.6 is 0 Å². The van der Waals surface area contributed by atoms with Gasteiger partial charge in [0.15, 0.2) is 11.2 Å². The van der Waals surface area contributed by atoms with Crippen LogP contribution in [0.2, 0.25) is 0 Å². The summed E-state index contributed by atoms with van der Waals surface area (Å²) in [7, 11) is 1.12. The van der Waals surface area contributed by atoms with Crippen LogP contribution in [-0.2, 0) is 11.8 Å². The number of hydrogen-bond acceptors (Lipinski definition) is 10. The van der Waals surface area contributed by atoms with Crippen molar-refractivity contribution in [2.45, 2.75) is 25.2 Å². The number of aliphatic hydroxyl groups is 2. The Bertz CT molecular complexity index is 2670. The first-order valence-electron chi connectivity index (χ1n) is 13.9. The van der Waals surface area contributed by atoms with Crippen LogP contribution in [0.25, 0.3) is 39.5 Å². The molecule has 3 aromatic rings. The van der Waals surface area contributed by atoms with Gasteiger partial charge in [-0.3, -0.25) is 24.0 Å². The van der Waals surface area contributed by atoms with Crippen LogP contribution in [0.15, 0.2) is 77.3 Å². The lowest BCUT2D eigenvalue weighted by Crippen LogP contribution is -2.51. The minimum absolute atomic E-state index is 0.0785. The predicted octanol–water partition coefficient (Wildman–Crippen LogP) is 1.36. The monoisotopic (exact) mass is 605 g/mol. The number of aromatic hydroxyl groups is 1. The molecule has 45 heavy (non-hydrogen) atoms. The van der Waals surface area contributed by atoms with Crippen molar-refractivity contribution in [3.05, 3.63) is 138 Å². The van der Waals surface area contributed by atoms with Crippen LogP contribution in [0.5, 0.6) is 11.5 Å². The number of aliphatic hydroxyl groups excluding tert-OH is 2. The number of ether oxygens (including phenoxy) is 1. The average molecular weight is 606 g/mol. The molecule has 4 N–H and O–H groups in total. The molecule has 0 saturated carbocycles. The van der Waals surface area contributed by atoms with E-state index >= 15 is 0 Å². The Hall–Kier alpha value is -5.97. The average Bonchev–Trinajstić information content (AvgIpc) is 3.73. The van der Waals surface area contributed by atoms with Crippen molar-refractivity contribution in [2.75, 3.05) is 7.11 Å². The summed E-state index contributed by atoms with van der Waals surface area (Å²) in [5, 5.41) is 32.8. The minimum Gasteiger partial charge on any atom is -0.510 e. The highest BCUT2D eigenvalue weighted by atomic mass is 16.5. The van der Waals surface area contributed by atoms with E-state index in [2.05, 4.69) is 4.98 Å². The van der Waals surface area contributed by atoms with Crippen molar-refractivity contribution < 1.29 is 24.5 Å². The summed E-state index contributed by atoms with van der Waals surface area (Å²) in [4.78, 5) is 69.7. The fourth-order valence-corrected chi connectivity index (χ4v) is 6.96. The Morgan fingerprint density at radius 3 is 2.29 bits per heavy atom. The van der Waals surface area contributed by atoms with Crippen molar-refractivity contribution in [1.82, 2.24) is 4.98 Å². The molecule has 1 aromatic carbocycles. The van der Waals surface area contributed by atoms with E-state index in [1.165, 1.54) is 12.5 Å². The van der Waals surface area contributed by atoms with Crippen molar-refractivity contribution in [3.63, 3.8) is 0 Å². The molecule has 7 rings (SSSR count). The molecule has 1 spiro atoms. The van der Waals surface area contributed by atoms with Crippen LogP contribution in [0.1, 0.15) is 30.2 Å². The maximum Gasteiger partial charge on any atom is 0.260 e. The number of fused-ring (bicyclic) bond motifs is 4. The molecule has 0 saturated heterocycles. The largest absolute Gasteiger partial charge is 0.510 e. The number of pyridine rings is 1. The Morgan fingerprint density at radius 2 is 1.64 bits per heavy atom. The summed E-state index contributed by atoms with van der Waals surface area (Å²) < 4.78 is 10.3. The van der Waals surface area contributed by atoms with E-state index in [0.717, 1.165) is 13.2 Å². The summed E-state index contributed by atoms with van der Waals surface area (Å²) in [6, 6.07) is 4.12. The molecule has 4 aliphatic carbocycles. The standard InChI is InChI=1S/C34H23NO10/c1-3-4-5-6-15-11-17-20(14-8-10-45-13-14)16-7-9-34(26(16)30(40)21(17)33(43)35-15)31(41)24-25(32(34)42)29(39)23-22(28(24)38)18(36)12-19(44-2)27(23)37/h3-6,8,10-13,40-42H,7,9H2,1-2H3,(H,35,43)/t34-/m0/s1. The second-order valence-corrected chi connectivity index (χ2v) is 11.0. The van der Waals surface area contributed by atoms with Gasteiger partial charge in [-0.05, 0) is 49.1 Å². The molecule has 4 aliphatic rings. The highest BCUT2D eigenvalue weighted by Crippen LogP contribution is 2.57. The second kappa shape index (κ2) is 9.52. The maximum absolute atomic E-state index is 13.8. The lowest BCUT2D eigenvalue weighted by molar-refractivity contribution is 0.362. The SMILES string of the molecule is CC=CC=Cc1cc2c(-c3ccoc3)c3c(c(O)c2c(=O)[nH]1)[C@@]1(CC3)C(O)=c2c(=O)c3c(=O)cc(OC)c(=O)c=3c(=O)c2=C1O. The number of aromatic nitrogens is 1. The third-order valence-electron chi connectivity index (χ3n) is 8.84. The Kier molecular flexibility index (Phi) is 5.89. The van der Waals surface area contributed by atoms with Gasteiger partial charge >= 0.3 is 0 Å². The molecule has 1 atom stereocenters. The van der Waals surface area contributed by atoms with E-state index in [1.807, 2.05) is 13.0 Å². The molecule has 0 bridgehead atoms. The van der Waals surface area contributed by atoms with Gasteiger partial charge in [0.1, 0.15) is 22.7 Å². The van der Waals surface area contributed by atoms with E-state index in [-0.39, 0.29) is 23.8 Å². The number of rotatable bonds is 4. The quantitative estimate of drug-likeness (QED) is 0.218. The smallest absolute Gasteiger partial charge is 0.260 e. The van der Waals surface area contributed by atoms with Crippen molar-refractivity contribution in [1.29, 1.82) is 0 Å². The Labute approximate surface area is 250 Å². The summed E-state index contributed by atoms with van der Waals surface area (Å²) in [6.07, 6.45) is 9.87. The fraction of sp³-hybridized carbons (Fsp3) is 0.147. The summed E-state index contributed by atoms with van der Waals surface area (Å²) in [5.74, 6) is -2.57. The number of hydrogen-bond donors (Lipinski definition) is 4. The molecule has 0 aliphatic heterocycles. The van der Waals surface area contributed by atoms with Crippen LogP contribution in [0.4, 0.5) is 0 Å². The third kappa shape index (κ3) is 3.43. The van der Waals surface area contributed by atoms with Gasteiger partial charge in [-0.15, -0.1) is 0 Å². The highest BCUT2D eigenvalue weighted by Gasteiger charge is 2.54. The van der Waals surface area contributed by atoms with Crippen LogP contribution in [0.3, 0.4) is 0 Å². The zero-order valence-corrected chi connectivity index (χ0v) is 23.8. The fourth-order valence-electron chi connectivity index (χ4n) is 6.96. The predicted molar refractivity (Wildman–Crippen MR) is 165 cm³/mol. The van der Waals surface area contributed by atoms with Gasteiger partial charge in [-0.1, -0.05) is 18.2 Å². The number of benzene rings is 1. The van der Waals surface area contributed by atoms with Crippen LogP contribution in [0, 0.1) is 10.4 Å². The second-order valence-electron chi connectivity index (χ2n) is 11.0. The van der Waals surface area contributed by atoms with Crippen molar-refractivity contribution in [3.8, 4) is 22.6 Å². The van der Waals surface area contributed by atoms with E-state index in [9.17, 15) is 39.3 Å². The first kappa shape index (κ1) is 27.8. The summed E-state index contributed by atoms with van der Waals surface area (Å²) in [6.45, 7) is 1.84. The highest BCUT2D eigenvalue weighted by molar-refractivity contribution is 6.05. The number of methoxy groups -OCH3 is 1. The zero-order valence-electron chi connectivity index (χ0n) is 23.8. The van der Waals surface area contributed by atoms with Gasteiger partial charge < -0.3 is 29.5 Å². The third-order valence-corrected chi connectivity index (χ3v) is 8.84. The van der Waals surface area contributed by atoms with Gasteiger partial charge in [0.05, 0.1) is 45.9 Å². The molecular formula is C34H23NO10. The van der Waals surface area contributed by atoms with Gasteiger partial charge in [-0.25, -0.2) is 0 Å². The lowest BCUT2D eigenvalue weighted by atomic mass is 9.77. The van der Waals surface area contributed by atoms with Gasteiger partial charge in [-0.2, -0.15) is 0 Å². The molecule has 2 heterocycles. The van der Waals surface area contributed by atoms with E-state index in [0.29, 0.717) is 27.8 Å². The van der Waals surface area contributed by atoms with Gasteiger partial charge in [0.25, 0.3) is 5.56 Å². The number of H-pyrrole nitrogens is 1. The summed E-state index contributed by atoms with van der Waals surface area (Å²) in [5.41, 5.74) is -5.13. The minimum atomic E-state index is -2.03. The number of phenolic OH excluding ortho intramolecular Hbond substituents is 1. The summed E-state index contributed by atoms with van der Waals surface area (Å²) >= 11 is 0. The van der Waals surface area contributed by atoms with Crippen LogP contribution in [-0.4, -0.2) is 27.4 Å². The molecule has 0 radical (unpaired) electrons. The van der Waals surface area contributed by atoms with E-state index < -0.39 is 76.6 Å². The Balaban J connectivity index is 1.67. The molecule has 11 nitrogen and oxygen atoms in total. The van der Waals surface area contributed by atoms with E-state index in [1.54, 1.807) is 30.4 Å². The van der Waals surface area contributed by atoms with Gasteiger partial charge in [0, 0.05) is 28.3 Å². The van der Waals surface area contributed by atoms with Crippen LogP contribution < -0.4 is 42.4 Å². The molecular weight excluding hydrogens is 582 g/mol. The first-order valence-corrected chi connectivity index (χ1v) is 13.9. The number of allylic oxidation sites excluding steroid dienone is 3. The number of nitrogens with one attached hydrogen (secondary N) is 1. The molecule has 0 amide bonds. The molecule has 2 aromatic heterocycles. The maximum atomic E-state index is 13.8. The number of phenols is 1. The number of furan rings is 1. The lowest BCUT2D eigenvalue weighted by Gasteiger charge is -2.28. The Morgan fingerprint density at radius 1 is 0.933 bits per heavy atom. The molecule has 11 heteroatoms. The molecule has 224 valence electrons. The normalized spacial score (nSPS) is 17.5. The zero-order chi connectivity index (χ0) is 31.9.